The zero-order valence-electron chi connectivity index (χ0n) is 10.6. The molecule has 4 nitrogen and oxygen atoms in total. The van der Waals surface area contributed by atoms with Gasteiger partial charge in [-0.05, 0) is 46.3 Å². The van der Waals surface area contributed by atoms with Crippen LogP contribution >= 0.6 is 15.9 Å². The Kier molecular flexibility index (Phi) is 4.24. The highest BCUT2D eigenvalue weighted by Crippen LogP contribution is 2.26. The van der Waals surface area contributed by atoms with E-state index in [2.05, 4.69) is 21.2 Å². The molecule has 0 fully saturated rings. The summed E-state index contributed by atoms with van der Waals surface area (Å²) in [4.78, 5) is 12.2. The van der Waals surface area contributed by atoms with Crippen molar-refractivity contribution < 1.29 is 13.9 Å². The fraction of sp³-hybridized carbons (Fsp3) is 0.0714. The van der Waals surface area contributed by atoms with Crippen LogP contribution in [0, 0.1) is 5.82 Å². The summed E-state index contributed by atoms with van der Waals surface area (Å²) in [5.41, 5.74) is 6.63. The van der Waals surface area contributed by atoms with Crippen LogP contribution in [0.5, 0.6) is 5.75 Å². The predicted molar refractivity (Wildman–Crippen MR) is 79.5 cm³/mol. The van der Waals surface area contributed by atoms with E-state index in [4.69, 9.17) is 10.5 Å². The first-order chi connectivity index (χ1) is 9.52. The molecule has 2 aromatic rings. The molecule has 3 N–H and O–H groups in total. The van der Waals surface area contributed by atoms with Crippen LogP contribution in [0.1, 0.15) is 10.4 Å². The molecular formula is C14H12BrFN2O2. The van der Waals surface area contributed by atoms with Gasteiger partial charge in [-0.2, -0.15) is 0 Å². The van der Waals surface area contributed by atoms with E-state index < -0.39 is 11.7 Å². The Balaban J connectivity index is 2.30. The minimum absolute atomic E-state index is 0.221. The fourth-order valence-electron chi connectivity index (χ4n) is 1.73. The lowest BCUT2D eigenvalue weighted by Gasteiger charge is -2.11. The third-order valence-corrected chi connectivity index (χ3v) is 3.33. The lowest BCUT2D eigenvalue weighted by atomic mass is 10.1. The Labute approximate surface area is 123 Å². The quantitative estimate of drug-likeness (QED) is 0.842. The highest BCUT2D eigenvalue weighted by molar-refractivity contribution is 9.10. The van der Waals surface area contributed by atoms with Crippen LogP contribution in [0.2, 0.25) is 0 Å². The number of rotatable bonds is 3. The largest absolute Gasteiger partial charge is 0.496 e. The van der Waals surface area contributed by atoms with Crippen molar-refractivity contribution in [2.75, 3.05) is 18.2 Å². The second-order valence-corrected chi connectivity index (χ2v) is 4.86. The summed E-state index contributed by atoms with van der Waals surface area (Å²) >= 11 is 3.05. The number of nitrogens with one attached hydrogen (secondary N) is 1. The second kappa shape index (κ2) is 5.92. The number of halogens is 2. The molecule has 0 saturated heterocycles. The lowest BCUT2D eigenvalue weighted by molar-refractivity contribution is 0.102. The van der Waals surface area contributed by atoms with Crippen LogP contribution in [-0.4, -0.2) is 13.0 Å². The summed E-state index contributed by atoms with van der Waals surface area (Å²) in [5, 5.41) is 2.58. The molecule has 104 valence electrons. The van der Waals surface area contributed by atoms with Crippen LogP contribution in [0.3, 0.4) is 0 Å². The minimum Gasteiger partial charge on any atom is -0.496 e. The Morgan fingerprint density at radius 1 is 1.35 bits per heavy atom. The summed E-state index contributed by atoms with van der Waals surface area (Å²) in [7, 11) is 1.45. The van der Waals surface area contributed by atoms with E-state index in [1.165, 1.54) is 19.2 Å². The smallest absolute Gasteiger partial charge is 0.261 e. The highest BCUT2D eigenvalue weighted by Gasteiger charge is 2.16. The number of hydrogen-bond donors (Lipinski definition) is 2. The number of carbonyl (C=O) groups is 1. The summed E-state index contributed by atoms with van der Waals surface area (Å²) in [6.07, 6.45) is 0. The zero-order valence-corrected chi connectivity index (χ0v) is 12.2. The van der Waals surface area contributed by atoms with Gasteiger partial charge in [0.15, 0.2) is 0 Å². The molecular weight excluding hydrogens is 327 g/mol. The van der Waals surface area contributed by atoms with Gasteiger partial charge >= 0.3 is 0 Å². The zero-order chi connectivity index (χ0) is 14.7. The normalized spacial score (nSPS) is 10.2. The maximum atomic E-state index is 13.4. The number of benzene rings is 2. The number of anilines is 2. The SMILES string of the molecule is COc1cccc(N)c1C(=O)Nc1ccc(Br)c(F)c1. The highest BCUT2D eigenvalue weighted by atomic mass is 79.9. The van der Waals surface area contributed by atoms with Crippen LogP contribution in [0.4, 0.5) is 15.8 Å². The molecule has 1 amide bonds. The standard InChI is InChI=1S/C14H12BrFN2O2/c1-20-12-4-2-3-11(17)13(12)14(19)18-8-5-6-9(15)10(16)7-8/h2-7H,17H2,1H3,(H,18,19). The van der Waals surface area contributed by atoms with Gasteiger partial charge in [0.05, 0.1) is 11.6 Å². The molecule has 0 aliphatic carbocycles. The number of amides is 1. The molecule has 2 rings (SSSR count). The van der Waals surface area contributed by atoms with Gasteiger partial charge in [0.2, 0.25) is 0 Å². The van der Waals surface area contributed by atoms with Gasteiger partial charge in [-0.3, -0.25) is 4.79 Å². The monoisotopic (exact) mass is 338 g/mol. The first kappa shape index (κ1) is 14.3. The summed E-state index contributed by atoms with van der Waals surface area (Å²) < 4.78 is 18.8. The van der Waals surface area contributed by atoms with E-state index >= 15 is 0 Å². The number of nitrogen functional groups attached to an aromatic ring is 1. The Bertz CT molecular complexity index is 662. The molecule has 0 aliphatic rings. The maximum absolute atomic E-state index is 13.4. The average Bonchev–Trinajstić information content (AvgIpc) is 2.42. The van der Waals surface area contributed by atoms with E-state index in [-0.39, 0.29) is 5.56 Å². The van der Waals surface area contributed by atoms with Crippen molar-refractivity contribution in [3.63, 3.8) is 0 Å². The average molecular weight is 339 g/mol. The van der Waals surface area contributed by atoms with Crippen LogP contribution in [0.15, 0.2) is 40.9 Å². The van der Waals surface area contributed by atoms with Crippen molar-refractivity contribution in [2.45, 2.75) is 0 Å². The molecule has 0 heterocycles. The van der Waals surface area contributed by atoms with Crippen LogP contribution in [0.25, 0.3) is 0 Å². The van der Waals surface area contributed by atoms with Gasteiger partial charge in [-0.1, -0.05) is 6.07 Å². The summed E-state index contributed by atoms with van der Waals surface area (Å²) in [6.45, 7) is 0. The van der Waals surface area contributed by atoms with E-state index in [0.29, 0.717) is 21.6 Å². The van der Waals surface area contributed by atoms with Crippen LogP contribution in [-0.2, 0) is 0 Å². The molecule has 0 spiro atoms. The first-order valence-corrected chi connectivity index (χ1v) is 6.51. The van der Waals surface area contributed by atoms with Gasteiger partial charge in [-0.25, -0.2) is 4.39 Å². The molecule has 0 saturated carbocycles. The molecule has 0 unspecified atom stereocenters. The fourth-order valence-corrected chi connectivity index (χ4v) is 1.98. The van der Waals surface area contributed by atoms with Crippen molar-refractivity contribution in [3.8, 4) is 5.75 Å². The third-order valence-electron chi connectivity index (χ3n) is 2.68. The number of carbonyl (C=O) groups excluding carboxylic acids is 1. The van der Waals surface area contributed by atoms with Gasteiger partial charge in [-0.15, -0.1) is 0 Å². The van der Waals surface area contributed by atoms with E-state index in [0.717, 1.165) is 0 Å². The first-order valence-electron chi connectivity index (χ1n) is 5.72. The van der Waals surface area contributed by atoms with Crippen molar-refractivity contribution in [1.29, 1.82) is 0 Å². The van der Waals surface area contributed by atoms with Crippen molar-refractivity contribution in [3.05, 3.63) is 52.3 Å². The van der Waals surface area contributed by atoms with Gasteiger partial charge in [0.1, 0.15) is 17.1 Å². The number of ether oxygens (including phenoxy) is 1. The summed E-state index contributed by atoms with van der Waals surface area (Å²) in [5.74, 6) is -0.558. The lowest BCUT2D eigenvalue weighted by Crippen LogP contribution is -2.15. The molecule has 0 aromatic heterocycles. The van der Waals surface area contributed by atoms with Gasteiger partial charge in [0, 0.05) is 11.4 Å². The number of methoxy groups -OCH3 is 1. The van der Waals surface area contributed by atoms with Crippen LogP contribution < -0.4 is 15.8 Å². The van der Waals surface area contributed by atoms with Gasteiger partial charge in [0.25, 0.3) is 5.91 Å². The van der Waals surface area contributed by atoms with Crippen molar-refractivity contribution >= 4 is 33.2 Å². The molecule has 0 atom stereocenters. The molecule has 0 radical (unpaired) electrons. The Hall–Kier alpha value is -2.08. The maximum Gasteiger partial charge on any atom is 0.261 e. The number of nitrogens with two attached hydrogens (primary N) is 1. The van der Waals surface area contributed by atoms with E-state index in [1.54, 1.807) is 24.3 Å². The molecule has 0 aliphatic heterocycles. The van der Waals surface area contributed by atoms with E-state index in [1.807, 2.05) is 0 Å². The minimum atomic E-state index is -0.462. The molecule has 20 heavy (non-hydrogen) atoms. The Morgan fingerprint density at radius 2 is 2.10 bits per heavy atom. The Morgan fingerprint density at radius 3 is 2.75 bits per heavy atom. The van der Waals surface area contributed by atoms with Gasteiger partial charge < -0.3 is 15.8 Å². The van der Waals surface area contributed by atoms with Crippen molar-refractivity contribution in [1.82, 2.24) is 0 Å². The predicted octanol–water partition coefficient (Wildman–Crippen LogP) is 3.43. The van der Waals surface area contributed by atoms with E-state index in [9.17, 15) is 9.18 Å². The molecule has 0 bridgehead atoms. The second-order valence-electron chi connectivity index (χ2n) is 4.01. The summed E-state index contributed by atoms with van der Waals surface area (Å²) in [6, 6.07) is 9.22. The third kappa shape index (κ3) is 2.91. The number of hydrogen-bond acceptors (Lipinski definition) is 3. The molecule has 6 heteroatoms. The van der Waals surface area contributed by atoms with Crippen molar-refractivity contribution in [2.24, 2.45) is 0 Å². The molecule has 2 aromatic carbocycles. The topological polar surface area (TPSA) is 64.3 Å².